The first-order valence-electron chi connectivity index (χ1n) is 14.0. The van der Waals surface area contributed by atoms with Gasteiger partial charge in [0, 0.05) is 24.3 Å². The van der Waals surface area contributed by atoms with E-state index in [1.54, 1.807) is 38.2 Å². The molecule has 2 aromatic carbocycles. The Balaban J connectivity index is 1.54. The second-order valence-corrected chi connectivity index (χ2v) is 8.92. The highest BCUT2D eigenvalue weighted by Crippen LogP contribution is 2.10. The van der Waals surface area contributed by atoms with E-state index in [2.05, 4.69) is 0 Å². The fourth-order valence-corrected chi connectivity index (χ4v) is 3.47. The van der Waals surface area contributed by atoms with Gasteiger partial charge >= 0.3 is 23.9 Å². The molecule has 0 aliphatic rings. The number of benzene rings is 2. The van der Waals surface area contributed by atoms with Gasteiger partial charge in [0.2, 0.25) is 0 Å². The molecule has 8 nitrogen and oxygen atoms in total. The smallest absolute Gasteiger partial charge is 0.330 e. The third-order valence-electron chi connectivity index (χ3n) is 5.62. The molecule has 2 aromatic rings. The summed E-state index contributed by atoms with van der Waals surface area (Å²) in [5.74, 6) is -1.60. The molecule has 0 aromatic heterocycles. The maximum atomic E-state index is 11.9. The van der Waals surface area contributed by atoms with Gasteiger partial charge < -0.3 is 18.9 Å². The second kappa shape index (κ2) is 20.2. The van der Waals surface area contributed by atoms with Crippen molar-refractivity contribution in [3.8, 4) is 0 Å². The lowest BCUT2D eigenvalue weighted by Crippen LogP contribution is -2.03. The van der Waals surface area contributed by atoms with Crippen molar-refractivity contribution in [3.63, 3.8) is 0 Å². The normalized spacial score (nSPS) is 11.4. The maximum absolute atomic E-state index is 11.9. The Hall–Kier alpha value is -4.72. The van der Waals surface area contributed by atoms with Crippen molar-refractivity contribution in [2.45, 2.75) is 39.5 Å². The lowest BCUT2D eigenvalue weighted by Gasteiger charge is -2.04. The number of carbonyl (C=O) groups excluding carboxylic acids is 4. The van der Waals surface area contributed by atoms with Crippen LogP contribution in [-0.2, 0) is 38.1 Å². The molecule has 222 valence electrons. The quantitative estimate of drug-likeness (QED) is 0.0950. The highest BCUT2D eigenvalue weighted by molar-refractivity contribution is 5.89. The van der Waals surface area contributed by atoms with Gasteiger partial charge in [0.05, 0.1) is 26.4 Å². The number of rotatable bonds is 17. The Kier molecular flexibility index (Phi) is 16.1. The molecular formula is C34H38O8. The highest BCUT2D eigenvalue weighted by atomic mass is 16.5. The van der Waals surface area contributed by atoms with Gasteiger partial charge in [-0.15, -0.1) is 0 Å². The second-order valence-electron chi connectivity index (χ2n) is 8.92. The minimum Gasteiger partial charge on any atom is -0.463 e. The van der Waals surface area contributed by atoms with Crippen LogP contribution in [0.25, 0.3) is 24.3 Å². The fourth-order valence-electron chi connectivity index (χ4n) is 3.47. The van der Waals surface area contributed by atoms with Crippen molar-refractivity contribution in [3.05, 3.63) is 95.1 Å². The predicted octanol–water partition coefficient (Wildman–Crippen LogP) is 6.21. The summed E-state index contributed by atoms with van der Waals surface area (Å²) in [6.07, 6.45) is 15.3. The highest BCUT2D eigenvalue weighted by Gasteiger charge is 2.01. The van der Waals surface area contributed by atoms with Crippen LogP contribution in [-0.4, -0.2) is 50.3 Å². The molecule has 0 spiro atoms. The van der Waals surface area contributed by atoms with Crippen molar-refractivity contribution >= 4 is 48.2 Å². The number of carbonyl (C=O) groups is 4. The molecule has 8 heteroatoms. The molecule has 0 unspecified atom stereocenters. The summed E-state index contributed by atoms with van der Waals surface area (Å²) in [6, 6.07) is 14.7. The van der Waals surface area contributed by atoms with Crippen LogP contribution in [0.5, 0.6) is 0 Å². The third kappa shape index (κ3) is 15.2. The molecule has 0 bridgehead atoms. The van der Waals surface area contributed by atoms with Crippen molar-refractivity contribution in [1.29, 1.82) is 0 Å². The molecule has 2 rings (SSSR count). The predicted molar refractivity (Wildman–Crippen MR) is 163 cm³/mol. The Labute approximate surface area is 247 Å². The zero-order valence-corrected chi connectivity index (χ0v) is 24.2. The molecule has 0 radical (unpaired) electrons. The van der Waals surface area contributed by atoms with Crippen LogP contribution in [0.15, 0.2) is 72.8 Å². The van der Waals surface area contributed by atoms with Gasteiger partial charge in [0.15, 0.2) is 0 Å². The van der Waals surface area contributed by atoms with Gasteiger partial charge in [-0.05, 0) is 86.1 Å². The van der Waals surface area contributed by atoms with E-state index >= 15 is 0 Å². The number of hydrogen-bond acceptors (Lipinski definition) is 8. The van der Waals surface area contributed by atoms with E-state index in [9.17, 15) is 19.2 Å². The molecule has 0 aliphatic carbocycles. The van der Waals surface area contributed by atoms with E-state index in [0.717, 1.165) is 47.9 Å². The van der Waals surface area contributed by atoms with E-state index in [4.69, 9.17) is 18.9 Å². The molecule has 0 heterocycles. The molecule has 0 atom stereocenters. The van der Waals surface area contributed by atoms with E-state index in [1.807, 2.05) is 48.5 Å². The van der Waals surface area contributed by atoms with Gasteiger partial charge in [-0.3, -0.25) is 0 Å². The summed E-state index contributed by atoms with van der Waals surface area (Å²) in [5.41, 5.74) is 3.36. The van der Waals surface area contributed by atoms with E-state index in [-0.39, 0.29) is 11.9 Å². The number of hydrogen-bond donors (Lipinski definition) is 0. The molecule has 0 N–H and O–H groups in total. The average Bonchev–Trinajstić information content (AvgIpc) is 2.99. The Bertz CT molecular complexity index is 1150. The summed E-state index contributed by atoms with van der Waals surface area (Å²) in [7, 11) is 0. The Morgan fingerprint density at radius 1 is 0.452 bits per heavy atom. The Morgan fingerprint density at radius 3 is 0.976 bits per heavy atom. The van der Waals surface area contributed by atoms with Crippen LogP contribution in [0.4, 0.5) is 0 Å². The van der Waals surface area contributed by atoms with Gasteiger partial charge in [-0.1, -0.05) is 48.5 Å². The first-order valence-corrected chi connectivity index (χ1v) is 14.0. The standard InChI is InChI=1S/C34H38O8/c1-3-39-31(35)21-17-27-9-13-29(14-10-27)19-23-33(37)41-25-7-5-6-8-26-42-34(38)24-20-30-15-11-28(12-16-30)18-22-32(36)40-4-2/h9-24H,3-8,25-26H2,1-2H3/b21-17+,22-18+,23-19+,24-20+. The van der Waals surface area contributed by atoms with Crippen molar-refractivity contribution in [1.82, 2.24) is 0 Å². The van der Waals surface area contributed by atoms with Crippen LogP contribution < -0.4 is 0 Å². The lowest BCUT2D eigenvalue weighted by molar-refractivity contribution is -0.139. The summed E-state index contributed by atoms with van der Waals surface area (Å²) in [6.45, 7) is 4.81. The van der Waals surface area contributed by atoms with Crippen LogP contribution in [0.2, 0.25) is 0 Å². The number of esters is 4. The summed E-state index contributed by atoms with van der Waals surface area (Å²) < 4.78 is 20.1. The summed E-state index contributed by atoms with van der Waals surface area (Å²) in [5, 5.41) is 0. The topological polar surface area (TPSA) is 105 Å². The van der Waals surface area contributed by atoms with Crippen LogP contribution >= 0.6 is 0 Å². The monoisotopic (exact) mass is 574 g/mol. The van der Waals surface area contributed by atoms with Crippen LogP contribution in [0, 0.1) is 0 Å². The lowest BCUT2D eigenvalue weighted by atomic mass is 10.1. The van der Waals surface area contributed by atoms with Gasteiger partial charge in [-0.25, -0.2) is 19.2 Å². The van der Waals surface area contributed by atoms with Crippen LogP contribution in [0.3, 0.4) is 0 Å². The van der Waals surface area contributed by atoms with Crippen molar-refractivity contribution < 1.29 is 38.1 Å². The van der Waals surface area contributed by atoms with E-state index in [0.29, 0.717) is 26.4 Å². The average molecular weight is 575 g/mol. The third-order valence-corrected chi connectivity index (χ3v) is 5.62. The summed E-state index contributed by atoms with van der Waals surface area (Å²) in [4.78, 5) is 46.6. The largest absolute Gasteiger partial charge is 0.463 e. The maximum Gasteiger partial charge on any atom is 0.330 e. The first-order chi connectivity index (χ1) is 20.4. The summed E-state index contributed by atoms with van der Waals surface area (Å²) >= 11 is 0. The van der Waals surface area contributed by atoms with E-state index in [1.165, 1.54) is 24.3 Å². The molecule has 0 fully saturated rings. The van der Waals surface area contributed by atoms with E-state index < -0.39 is 11.9 Å². The van der Waals surface area contributed by atoms with Crippen molar-refractivity contribution in [2.75, 3.05) is 26.4 Å². The minimum absolute atomic E-state index is 0.320. The van der Waals surface area contributed by atoms with Gasteiger partial charge in [0.1, 0.15) is 0 Å². The zero-order chi connectivity index (χ0) is 30.4. The molecule has 0 amide bonds. The fraction of sp³-hybridized carbons (Fsp3) is 0.294. The van der Waals surface area contributed by atoms with Gasteiger partial charge in [0.25, 0.3) is 0 Å². The minimum atomic E-state index is -0.412. The molecule has 0 saturated carbocycles. The molecule has 0 aliphatic heterocycles. The molecule has 42 heavy (non-hydrogen) atoms. The molecular weight excluding hydrogens is 536 g/mol. The first kappa shape index (κ1) is 33.5. The Morgan fingerprint density at radius 2 is 0.714 bits per heavy atom. The van der Waals surface area contributed by atoms with Crippen molar-refractivity contribution in [2.24, 2.45) is 0 Å². The number of unbranched alkanes of at least 4 members (excludes halogenated alkanes) is 3. The van der Waals surface area contributed by atoms with Gasteiger partial charge in [-0.2, -0.15) is 0 Å². The zero-order valence-electron chi connectivity index (χ0n) is 24.2. The van der Waals surface area contributed by atoms with Crippen LogP contribution in [0.1, 0.15) is 61.8 Å². The SMILES string of the molecule is CCOC(=O)/C=C/c1ccc(/C=C/C(=O)OCCCCCCOC(=O)/C=C/c2ccc(/C=C/C(=O)OCC)cc2)cc1. The number of ether oxygens (including phenoxy) is 4. The molecule has 0 saturated heterocycles.